The molecule has 0 spiro atoms. The van der Waals surface area contributed by atoms with Crippen molar-refractivity contribution in [2.75, 3.05) is 24.8 Å². The van der Waals surface area contributed by atoms with Gasteiger partial charge in [0.25, 0.3) is 0 Å². The van der Waals surface area contributed by atoms with Crippen LogP contribution in [-0.2, 0) is 4.74 Å². The Balaban J connectivity index is 2.32. The van der Waals surface area contributed by atoms with Crippen LogP contribution in [0, 0.1) is 0 Å². The molecular weight excluding hydrogens is 352 g/mol. The lowest BCUT2D eigenvalue weighted by atomic mass is 10.0. The normalized spacial score (nSPS) is 12.2. The van der Waals surface area contributed by atoms with E-state index in [-0.39, 0.29) is 16.8 Å². The number of aromatic nitrogens is 1. The number of nitrogen functional groups attached to an aromatic ring is 1. The van der Waals surface area contributed by atoms with E-state index in [4.69, 9.17) is 22.1 Å². The number of hydrogen-bond donors (Lipinski definition) is 2. The van der Waals surface area contributed by atoms with Crippen LogP contribution in [0.3, 0.4) is 0 Å². The van der Waals surface area contributed by atoms with Crippen LogP contribution in [0.1, 0.15) is 13.3 Å². The second-order valence-electron chi connectivity index (χ2n) is 5.35. The van der Waals surface area contributed by atoms with E-state index >= 15 is 0 Å². The van der Waals surface area contributed by atoms with Crippen LogP contribution in [0.15, 0.2) is 30.5 Å². The number of nitrogens with two attached hydrogens (primary N) is 1. The van der Waals surface area contributed by atoms with Crippen molar-refractivity contribution < 1.29 is 18.3 Å². The third kappa shape index (κ3) is 4.93. The van der Waals surface area contributed by atoms with Gasteiger partial charge >= 0.3 is 6.61 Å². The van der Waals surface area contributed by atoms with E-state index in [9.17, 15) is 8.78 Å². The van der Waals surface area contributed by atoms with E-state index in [0.29, 0.717) is 29.2 Å². The molecule has 136 valence electrons. The molecule has 2 rings (SSSR count). The van der Waals surface area contributed by atoms with Crippen molar-refractivity contribution in [1.82, 2.24) is 4.98 Å². The lowest BCUT2D eigenvalue weighted by Gasteiger charge is -2.19. The number of alkyl halides is 2. The molecule has 0 aliphatic carbocycles. The molecule has 1 aromatic carbocycles. The fraction of sp³-hybridized carbons (Fsp3) is 0.353. The summed E-state index contributed by atoms with van der Waals surface area (Å²) in [5.41, 5.74) is 7.90. The zero-order valence-electron chi connectivity index (χ0n) is 13.9. The Morgan fingerprint density at radius 3 is 2.64 bits per heavy atom. The molecule has 0 radical (unpaired) electrons. The van der Waals surface area contributed by atoms with Crippen LogP contribution in [0.2, 0.25) is 5.02 Å². The van der Waals surface area contributed by atoms with Crippen molar-refractivity contribution in [1.29, 1.82) is 0 Å². The topological polar surface area (TPSA) is 69.4 Å². The number of nitrogens with zero attached hydrogens (tertiary/aromatic N) is 1. The van der Waals surface area contributed by atoms with Gasteiger partial charge in [-0.3, -0.25) is 0 Å². The minimum atomic E-state index is -2.91. The lowest BCUT2D eigenvalue weighted by molar-refractivity contribution is -0.0498. The minimum absolute atomic E-state index is 0.0131. The number of ether oxygens (including phenoxy) is 2. The summed E-state index contributed by atoms with van der Waals surface area (Å²) >= 11 is 6.21. The summed E-state index contributed by atoms with van der Waals surface area (Å²) < 4.78 is 34.1. The first-order chi connectivity index (χ1) is 12.0. The maximum absolute atomic E-state index is 12.3. The zero-order valence-corrected chi connectivity index (χ0v) is 14.7. The van der Waals surface area contributed by atoms with Gasteiger partial charge in [0.2, 0.25) is 0 Å². The van der Waals surface area contributed by atoms with Gasteiger partial charge in [-0.25, -0.2) is 4.98 Å². The van der Waals surface area contributed by atoms with Crippen LogP contribution in [-0.4, -0.2) is 31.4 Å². The third-order valence-corrected chi connectivity index (χ3v) is 3.96. The van der Waals surface area contributed by atoms with Gasteiger partial charge < -0.3 is 20.5 Å². The number of methoxy groups -OCH3 is 1. The quantitative estimate of drug-likeness (QED) is 0.718. The Morgan fingerprint density at radius 2 is 2.04 bits per heavy atom. The molecule has 0 bridgehead atoms. The van der Waals surface area contributed by atoms with Gasteiger partial charge in [-0.1, -0.05) is 18.5 Å². The Bertz CT molecular complexity index is 716. The van der Waals surface area contributed by atoms with E-state index in [1.807, 2.05) is 6.92 Å². The van der Waals surface area contributed by atoms with Crippen molar-refractivity contribution in [2.24, 2.45) is 0 Å². The monoisotopic (exact) mass is 371 g/mol. The Kier molecular flexibility index (Phi) is 6.78. The highest BCUT2D eigenvalue weighted by Crippen LogP contribution is 2.37. The van der Waals surface area contributed by atoms with Crippen LogP contribution in [0.25, 0.3) is 11.1 Å². The minimum Gasteiger partial charge on any atom is -0.435 e. The van der Waals surface area contributed by atoms with E-state index in [2.05, 4.69) is 15.0 Å². The molecule has 8 heteroatoms. The summed E-state index contributed by atoms with van der Waals surface area (Å²) in [7, 11) is 1.63. The van der Waals surface area contributed by atoms with Crippen LogP contribution >= 0.6 is 11.6 Å². The number of anilines is 2. The summed E-state index contributed by atoms with van der Waals surface area (Å²) in [6.45, 7) is -0.368. The largest absolute Gasteiger partial charge is 0.435 e. The molecular formula is C17H20ClF2N3O2. The Labute approximate surface area is 150 Å². The molecule has 1 atom stereocenters. The third-order valence-electron chi connectivity index (χ3n) is 3.65. The molecule has 5 nitrogen and oxygen atoms in total. The van der Waals surface area contributed by atoms with E-state index in [1.54, 1.807) is 25.4 Å². The van der Waals surface area contributed by atoms with Gasteiger partial charge in [-0.15, -0.1) is 0 Å². The fourth-order valence-electron chi connectivity index (χ4n) is 2.37. The first kappa shape index (κ1) is 19.2. The zero-order chi connectivity index (χ0) is 18.4. The average Bonchev–Trinajstić information content (AvgIpc) is 2.56. The molecule has 0 amide bonds. The number of nitrogens with one attached hydrogen (secondary N) is 1. The first-order valence-electron chi connectivity index (χ1n) is 7.70. The average molecular weight is 372 g/mol. The maximum Gasteiger partial charge on any atom is 0.387 e. The van der Waals surface area contributed by atoms with E-state index < -0.39 is 6.61 Å². The van der Waals surface area contributed by atoms with Gasteiger partial charge in [0, 0.05) is 24.4 Å². The number of hydrogen-bond acceptors (Lipinski definition) is 5. The lowest BCUT2D eigenvalue weighted by Crippen LogP contribution is -2.25. The summed E-state index contributed by atoms with van der Waals surface area (Å²) in [5, 5.41) is 3.49. The van der Waals surface area contributed by atoms with Crippen molar-refractivity contribution in [3.8, 4) is 16.9 Å². The van der Waals surface area contributed by atoms with Crippen LogP contribution < -0.4 is 15.8 Å². The fourth-order valence-corrected chi connectivity index (χ4v) is 2.64. The van der Waals surface area contributed by atoms with Crippen molar-refractivity contribution in [3.05, 3.63) is 35.5 Å². The molecule has 1 unspecified atom stereocenters. The predicted octanol–water partition coefficient (Wildman–Crippen LogP) is 4.42. The van der Waals surface area contributed by atoms with Crippen molar-refractivity contribution >= 4 is 23.1 Å². The second-order valence-corrected chi connectivity index (χ2v) is 5.75. The molecule has 0 saturated heterocycles. The van der Waals surface area contributed by atoms with Gasteiger partial charge in [0.15, 0.2) is 0 Å². The van der Waals surface area contributed by atoms with Gasteiger partial charge in [-0.2, -0.15) is 8.78 Å². The molecule has 2 aromatic rings. The van der Waals surface area contributed by atoms with Crippen LogP contribution in [0.4, 0.5) is 20.3 Å². The molecule has 3 N–H and O–H groups in total. The van der Waals surface area contributed by atoms with Gasteiger partial charge in [0.05, 0.1) is 23.4 Å². The summed E-state index contributed by atoms with van der Waals surface area (Å²) in [5.74, 6) is 0.506. The number of pyridine rings is 1. The molecule has 25 heavy (non-hydrogen) atoms. The predicted molar refractivity (Wildman–Crippen MR) is 95.3 cm³/mol. The van der Waals surface area contributed by atoms with Gasteiger partial charge in [-0.05, 0) is 30.7 Å². The highest BCUT2D eigenvalue weighted by Gasteiger charge is 2.15. The summed E-state index contributed by atoms with van der Waals surface area (Å²) in [6.07, 6.45) is 2.44. The Hall–Kier alpha value is -2.12. The van der Waals surface area contributed by atoms with Gasteiger partial charge in [0.1, 0.15) is 11.6 Å². The highest BCUT2D eigenvalue weighted by atomic mass is 35.5. The maximum atomic E-state index is 12.3. The SMILES string of the molecule is CCC(COC)Nc1nccc(-c2ccc(OC(F)F)cc2Cl)c1N. The molecule has 0 aliphatic heterocycles. The van der Waals surface area contributed by atoms with Crippen LogP contribution in [0.5, 0.6) is 5.75 Å². The molecule has 0 fully saturated rings. The smallest absolute Gasteiger partial charge is 0.387 e. The van der Waals surface area contributed by atoms with E-state index in [1.165, 1.54) is 12.1 Å². The summed E-state index contributed by atoms with van der Waals surface area (Å²) in [4.78, 5) is 4.26. The van der Waals surface area contributed by atoms with Crippen molar-refractivity contribution in [2.45, 2.75) is 26.0 Å². The molecule has 1 heterocycles. The van der Waals surface area contributed by atoms with Crippen molar-refractivity contribution in [3.63, 3.8) is 0 Å². The second kappa shape index (κ2) is 8.82. The number of rotatable bonds is 8. The summed E-state index contributed by atoms with van der Waals surface area (Å²) in [6, 6.07) is 6.11. The first-order valence-corrected chi connectivity index (χ1v) is 8.08. The number of benzene rings is 1. The number of halogens is 3. The standard InChI is InChI=1S/C17H20ClF2N3O2/c1-3-10(9-24-2)23-16-15(21)13(6-7-22-16)12-5-4-11(8-14(12)18)25-17(19)20/h4-8,10,17H,3,9,21H2,1-2H3,(H,22,23). The molecule has 0 saturated carbocycles. The molecule has 1 aromatic heterocycles. The molecule has 0 aliphatic rings. The Morgan fingerprint density at radius 1 is 1.28 bits per heavy atom. The highest BCUT2D eigenvalue weighted by molar-refractivity contribution is 6.33. The van der Waals surface area contributed by atoms with E-state index in [0.717, 1.165) is 6.42 Å².